The van der Waals surface area contributed by atoms with Gasteiger partial charge in [0.2, 0.25) is 0 Å². The minimum absolute atomic E-state index is 0.409. The number of hydrogen-bond donors (Lipinski definition) is 0. The molecule has 1 fully saturated rings. The maximum Gasteiger partial charge on any atom is 0.135 e. The quantitative estimate of drug-likeness (QED) is 0.723. The highest BCUT2D eigenvalue weighted by Crippen LogP contribution is 2.21. The molecule has 4 heteroatoms. The second-order valence-electron chi connectivity index (χ2n) is 4.18. The van der Waals surface area contributed by atoms with E-state index in [9.17, 15) is 4.79 Å². The summed E-state index contributed by atoms with van der Waals surface area (Å²) >= 11 is 0. The molecule has 0 N–H and O–H groups in total. The van der Waals surface area contributed by atoms with E-state index in [4.69, 9.17) is 0 Å². The number of rotatable bonds is 3. The predicted molar refractivity (Wildman–Crippen MR) is 62.6 cm³/mol. The van der Waals surface area contributed by atoms with Crippen molar-refractivity contribution in [3.63, 3.8) is 0 Å². The Balaban J connectivity index is 2.27. The van der Waals surface area contributed by atoms with E-state index in [0.717, 1.165) is 36.6 Å². The Labute approximate surface area is 95.7 Å². The molecule has 4 nitrogen and oxygen atoms in total. The summed E-state index contributed by atoms with van der Waals surface area (Å²) < 4.78 is 0. The third-order valence-corrected chi connectivity index (χ3v) is 2.92. The van der Waals surface area contributed by atoms with Gasteiger partial charge < -0.3 is 9.69 Å². The van der Waals surface area contributed by atoms with Crippen LogP contribution in [-0.4, -0.2) is 29.3 Å². The van der Waals surface area contributed by atoms with E-state index in [1.54, 1.807) is 6.20 Å². The molecule has 0 atom stereocenters. The molecule has 0 aliphatic carbocycles. The second kappa shape index (κ2) is 5.05. The van der Waals surface area contributed by atoms with Gasteiger partial charge in [-0.3, -0.25) is 0 Å². The van der Waals surface area contributed by atoms with Gasteiger partial charge in [0.25, 0.3) is 0 Å². The molecule has 0 amide bonds. The van der Waals surface area contributed by atoms with Crippen LogP contribution >= 0.6 is 0 Å². The average molecular weight is 219 g/mol. The van der Waals surface area contributed by atoms with Crippen LogP contribution in [0.5, 0.6) is 0 Å². The number of carbonyl (C=O) groups is 1. The predicted octanol–water partition coefficient (Wildman–Crippen LogP) is 1.52. The lowest BCUT2D eigenvalue weighted by atomic mass is 10.1. The molecule has 0 saturated carbocycles. The van der Waals surface area contributed by atoms with Crippen molar-refractivity contribution in [2.24, 2.45) is 0 Å². The molecular formula is C12H17N3O. The number of aldehydes is 1. The van der Waals surface area contributed by atoms with Crippen LogP contribution in [0.15, 0.2) is 6.20 Å². The number of aryl methyl sites for hydroxylation is 1. The highest BCUT2D eigenvalue weighted by atomic mass is 16.1. The summed E-state index contributed by atoms with van der Waals surface area (Å²) in [6.45, 7) is 3.97. The zero-order chi connectivity index (χ0) is 11.4. The summed E-state index contributed by atoms with van der Waals surface area (Å²) in [4.78, 5) is 21.5. The van der Waals surface area contributed by atoms with E-state index in [2.05, 4.69) is 14.9 Å². The van der Waals surface area contributed by atoms with Gasteiger partial charge in [0.05, 0.1) is 0 Å². The fourth-order valence-corrected chi connectivity index (χ4v) is 2.10. The number of piperidine rings is 1. The van der Waals surface area contributed by atoms with Crippen LogP contribution in [0.1, 0.15) is 30.7 Å². The van der Waals surface area contributed by atoms with Crippen LogP contribution in [0, 0.1) is 6.92 Å². The van der Waals surface area contributed by atoms with Crippen molar-refractivity contribution in [3.8, 4) is 0 Å². The molecule has 0 spiro atoms. The van der Waals surface area contributed by atoms with Crippen LogP contribution in [-0.2, 0) is 11.2 Å². The van der Waals surface area contributed by atoms with Gasteiger partial charge in [-0.25, -0.2) is 9.97 Å². The second-order valence-corrected chi connectivity index (χ2v) is 4.18. The smallest absolute Gasteiger partial charge is 0.135 e. The summed E-state index contributed by atoms with van der Waals surface area (Å²) in [6, 6.07) is 0. The van der Waals surface area contributed by atoms with Gasteiger partial charge in [0.15, 0.2) is 0 Å². The molecule has 1 aliphatic rings. The van der Waals surface area contributed by atoms with Gasteiger partial charge in [0.1, 0.15) is 17.9 Å². The molecule has 2 rings (SSSR count). The van der Waals surface area contributed by atoms with Crippen molar-refractivity contribution in [2.75, 3.05) is 18.0 Å². The van der Waals surface area contributed by atoms with Crippen molar-refractivity contribution in [1.82, 2.24) is 9.97 Å². The van der Waals surface area contributed by atoms with Gasteiger partial charge in [-0.05, 0) is 26.2 Å². The standard InChI is InChI=1S/C12H17N3O/c1-10-13-9-11(5-8-16)12(14-10)15-6-3-2-4-7-15/h8-9H,2-7H2,1H3. The van der Waals surface area contributed by atoms with Gasteiger partial charge in [-0.1, -0.05) is 0 Å². The Morgan fingerprint density at radius 2 is 2.12 bits per heavy atom. The fourth-order valence-electron chi connectivity index (χ4n) is 2.10. The van der Waals surface area contributed by atoms with Crippen molar-refractivity contribution in [2.45, 2.75) is 32.6 Å². The van der Waals surface area contributed by atoms with Crippen molar-refractivity contribution in [3.05, 3.63) is 17.6 Å². The lowest BCUT2D eigenvalue weighted by Gasteiger charge is -2.29. The highest BCUT2D eigenvalue weighted by Gasteiger charge is 2.16. The van der Waals surface area contributed by atoms with Gasteiger partial charge >= 0.3 is 0 Å². The first kappa shape index (κ1) is 11.0. The maximum atomic E-state index is 10.6. The molecule has 0 aromatic carbocycles. The maximum absolute atomic E-state index is 10.6. The minimum atomic E-state index is 0.409. The topological polar surface area (TPSA) is 46.1 Å². The van der Waals surface area contributed by atoms with Crippen LogP contribution in [0.4, 0.5) is 5.82 Å². The first-order valence-electron chi connectivity index (χ1n) is 5.82. The number of hydrogen-bond acceptors (Lipinski definition) is 4. The summed E-state index contributed by atoms with van der Waals surface area (Å²) in [6.07, 6.45) is 6.82. The molecule has 86 valence electrons. The number of anilines is 1. The molecule has 0 bridgehead atoms. The Morgan fingerprint density at radius 1 is 1.38 bits per heavy atom. The van der Waals surface area contributed by atoms with Crippen LogP contribution in [0.25, 0.3) is 0 Å². The molecule has 1 aromatic heterocycles. The molecule has 2 heterocycles. The van der Waals surface area contributed by atoms with Gasteiger partial charge in [-0.2, -0.15) is 0 Å². The molecule has 0 radical (unpaired) electrons. The third kappa shape index (κ3) is 2.38. The summed E-state index contributed by atoms with van der Waals surface area (Å²) in [5.74, 6) is 1.73. The Bertz CT molecular complexity index is 373. The number of nitrogens with zero attached hydrogens (tertiary/aromatic N) is 3. The van der Waals surface area contributed by atoms with Crippen molar-refractivity contribution < 1.29 is 4.79 Å². The molecule has 1 aliphatic heterocycles. The lowest BCUT2D eigenvalue weighted by molar-refractivity contribution is -0.107. The first-order valence-corrected chi connectivity index (χ1v) is 5.82. The average Bonchev–Trinajstić information content (AvgIpc) is 2.33. The SMILES string of the molecule is Cc1ncc(CC=O)c(N2CCCCC2)n1. The van der Waals surface area contributed by atoms with Gasteiger partial charge in [0, 0.05) is 31.3 Å². The molecule has 0 unspecified atom stereocenters. The third-order valence-electron chi connectivity index (χ3n) is 2.92. The summed E-state index contributed by atoms with van der Waals surface area (Å²) in [7, 11) is 0. The highest BCUT2D eigenvalue weighted by molar-refractivity contribution is 5.60. The molecule has 1 saturated heterocycles. The number of aromatic nitrogens is 2. The Kier molecular flexibility index (Phi) is 3.49. The molecular weight excluding hydrogens is 202 g/mol. The zero-order valence-corrected chi connectivity index (χ0v) is 9.65. The molecule has 16 heavy (non-hydrogen) atoms. The van der Waals surface area contributed by atoms with Crippen LogP contribution < -0.4 is 4.90 Å². The number of carbonyl (C=O) groups excluding carboxylic acids is 1. The van der Waals surface area contributed by atoms with Gasteiger partial charge in [-0.15, -0.1) is 0 Å². The molecule has 1 aromatic rings. The van der Waals surface area contributed by atoms with Crippen LogP contribution in [0.3, 0.4) is 0 Å². The van der Waals surface area contributed by atoms with E-state index in [1.165, 1.54) is 19.3 Å². The van der Waals surface area contributed by atoms with E-state index in [0.29, 0.717) is 6.42 Å². The summed E-state index contributed by atoms with van der Waals surface area (Å²) in [5.41, 5.74) is 0.947. The normalized spacial score (nSPS) is 16.2. The fraction of sp³-hybridized carbons (Fsp3) is 0.583. The van der Waals surface area contributed by atoms with Crippen molar-refractivity contribution >= 4 is 12.1 Å². The van der Waals surface area contributed by atoms with E-state index < -0.39 is 0 Å². The summed E-state index contributed by atoms with van der Waals surface area (Å²) in [5, 5.41) is 0. The van der Waals surface area contributed by atoms with E-state index in [-0.39, 0.29) is 0 Å². The van der Waals surface area contributed by atoms with E-state index >= 15 is 0 Å². The first-order chi connectivity index (χ1) is 7.81. The zero-order valence-electron chi connectivity index (χ0n) is 9.65. The Hall–Kier alpha value is -1.45. The Morgan fingerprint density at radius 3 is 2.81 bits per heavy atom. The lowest BCUT2D eigenvalue weighted by Crippen LogP contribution is -2.31. The largest absolute Gasteiger partial charge is 0.356 e. The van der Waals surface area contributed by atoms with Crippen molar-refractivity contribution in [1.29, 1.82) is 0 Å². The monoisotopic (exact) mass is 219 g/mol. The van der Waals surface area contributed by atoms with E-state index in [1.807, 2.05) is 6.92 Å². The minimum Gasteiger partial charge on any atom is -0.356 e. The van der Waals surface area contributed by atoms with Crippen LogP contribution in [0.2, 0.25) is 0 Å².